The molecule has 0 saturated carbocycles. The van der Waals surface area contributed by atoms with Gasteiger partial charge in [-0.25, -0.2) is 0 Å². The SMILES string of the molecule is COc1ccc(NCc2ccnc(C(N)=NO)c2)cc1. The maximum absolute atomic E-state index is 8.63. The minimum atomic E-state index is -0.00343. The van der Waals surface area contributed by atoms with Gasteiger partial charge >= 0.3 is 0 Å². The van der Waals surface area contributed by atoms with Crippen molar-refractivity contribution in [1.82, 2.24) is 4.98 Å². The van der Waals surface area contributed by atoms with Gasteiger partial charge in [-0.15, -0.1) is 0 Å². The largest absolute Gasteiger partial charge is 0.497 e. The average molecular weight is 272 g/mol. The average Bonchev–Trinajstić information content (AvgIpc) is 2.53. The number of hydrogen-bond donors (Lipinski definition) is 3. The number of benzene rings is 1. The normalized spacial score (nSPS) is 11.2. The Kier molecular flexibility index (Phi) is 4.39. The molecule has 2 aromatic rings. The number of rotatable bonds is 5. The molecule has 0 aliphatic rings. The number of nitrogens with zero attached hydrogens (tertiary/aromatic N) is 2. The van der Waals surface area contributed by atoms with E-state index in [1.807, 2.05) is 30.3 Å². The van der Waals surface area contributed by atoms with Crippen LogP contribution >= 0.6 is 0 Å². The Hall–Kier alpha value is -2.76. The van der Waals surface area contributed by atoms with Crippen molar-refractivity contribution in [1.29, 1.82) is 0 Å². The van der Waals surface area contributed by atoms with Crippen LogP contribution < -0.4 is 15.8 Å². The third-order valence-corrected chi connectivity index (χ3v) is 2.78. The van der Waals surface area contributed by atoms with Crippen molar-refractivity contribution in [2.75, 3.05) is 12.4 Å². The number of oxime groups is 1. The molecule has 2 rings (SSSR count). The van der Waals surface area contributed by atoms with Gasteiger partial charge in [0, 0.05) is 18.4 Å². The van der Waals surface area contributed by atoms with Crippen molar-refractivity contribution in [2.45, 2.75) is 6.54 Å². The van der Waals surface area contributed by atoms with E-state index < -0.39 is 0 Å². The number of anilines is 1. The fourth-order valence-corrected chi connectivity index (χ4v) is 1.69. The first-order valence-corrected chi connectivity index (χ1v) is 6.03. The number of nitrogens with two attached hydrogens (primary N) is 1. The number of aromatic nitrogens is 1. The molecule has 0 amide bonds. The molecular formula is C14H16N4O2. The van der Waals surface area contributed by atoms with E-state index in [1.54, 1.807) is 19.4 Å². The first-order chi connectivity index (χ1) is 9.72. The van der Waals surface area contributed by atoms with Crippen LogP contribution in [0.4, 0.5) is 5.69 Å². The van der Waals surface area contributed by atoms with Crippen LogP contribution in [0, 0.1) is 0 Å². The zero-order valence-electron chi connectivity index (χ0n) is 11.1. The summed E-state index contributed by atoms with van der Waals surface area (Å²) in [7, 11) is 1.63. The predicted molar refractivity (Wildman–Crippen MR) is 77.1 cm³/mol. The third-order valence-electron chi connectivity index (χ3n) is 2.78. The van der Waals surface area contributed by atoms with E-state index in [0.717, 1.165) is 17.0 Å². The molecule has 0 aliphatic carbocycles. The smallest absolute Gasteiger partial charge is 0.188 e. The summed E-state index contributed by atoms with van der Waals surface area (Å²) in [4.78, 5) is 4.03. The van der Waals surface area contributed by atoms with Crippen LogP contribution in [-0.2, 0) is 6.54 Å². The van der Waals surface area contributed by atoms with Crippen LogP contribution in [0.2, 0.25) is 0 Å². The Morgan fingerprint density at radius 1 is 1.35 bits per heavy atom. The molecule has 6 nitrogen and oxygen atoms in total. The molecule has 4 N–H and O–H groups in total. The van der Waals surface area contributed by atoms with Crippen LogP contribution in [0.5, 0.6) is 5.75 Å². The maximum atomic E-state index is 8.63. The first kappa shape index (κ1) is 13.7. The van der Waals surface area contributed by atoms with Gasteiger partial charge in [0.1, 0.15) is 11.4 Å². The lowest BCUT2D eigenvalue weighted by Gasteiger charge is -2.08. The van der Waals surface area contributed by atoms with Crippen molar-refractivity contribution in [2.24, 2.45) is 10.9 Å². The van der Waals surface area contributed by atoms with Gasteiger partial charge < -0.3 is 21.0 Å². The zero-order chi connectivity index (χ0) is 14.4. The third kappa shape index (κ3) is 3.38. The van der Waals surface area contributed by atoms with E-state index in [9.17, 15) is 0 Å². The molecule has 1 aromatic carbocycles. The van der Waals surface area contributed by atoms with Gasteiger partial charge in [0.15, 0.2) is 5.84 Å². The fourth-order valence-electron chi connectivity index (χ4n) is 1.69. The molecular weight excluding hydrogens is 256 g/mol. The Bertz CT molecular complexity index is 596. The number of nitrogens with one attached hydrogen (secondary N) is 1. The molecule has 0 saturated heterocycles. The molecule has 1 aromatic heterocycles. The molecule has 0 spiro atoms. The first-order valence-electron chi connectivity index (χ1n) is 6.03. The summed E-state index contributed by atoms with van der Waals surface area (Å²) in [5, 5.41) is 14.8. The number of pyridine rings is 1. The highest BCUT2D eigenvalue weighted by atomic mass is 16.5. The number of methoxy groups -OCH3 is 1. The van der Waals surface area contributed by atoms with Crippen LogP contribution in [0.1, 0.15) is 11.3 Å². The van der Waals surface area contributed by atoms with E-state index >= 15 is 0 Å². The van der Waals surface area contributed by atoms with E-state index in [4.69, 9.17) is 15.7 Å². The Balaban J connectivity index is 2.03. The number of amidine groups is 1. The van der Waals surface area contributed by atoms with Crippen LogP contribution in [0.25, 0.3) is 0 Å². The van der Waals surface area contributed by atoms with Crippen LogP contribution in [-0.4, -0.2) is 23.1 Å². The van der Waals surface area contributed by atoms with Crippen molar-refractivity contribution >= 4 is 11.5 Å². The summed E-state index contributed by atoms with van der Waals surface area (Å²) in [6, 6.07) is 11.3. The van der Waals surface area contributed by atoms with Crippen LogP contribution in [0.3, 0.4) is 0 Å². The summed E-state index contributed by atoms with van der Waals surface area (Å²) >= 11 is 0. The lowest BCUT2D eigenvalue weighted by Crippen LogP contribution is -2.15. The van der Waals surface area contributed by atoms with Gasteiger partial charge in [-0.05, 0) is 42.0 Å². The summed E-state index contributed by atoms with van der Waals surface area (Å²) in [5.74, 6) is 0.810. The molecule has 6 heteroatoms. The summed E-state index contributed by atoms with van der Waals surface area (Å²) < 4.78 is 5.10. The van der Waals surface area contributed by atoms with Crippen molar-refractivity contribution in [3.8, 4) is 5.75 Å². The summed E-state index contributed by atoms with van der Waals surface area (Å²) in [5.41, 5.74) is 7.91. The Morgan fingerprint density at radius 2 is 2.10 bits per heavy atom. The van der Waals surface area contributed by atoms with Crippen molar-refractivity contribution < 1.29 is 9.94 Å². The van der Waals surface area contributed by atoms with E-state index in [2.05, 4.69) is 15.5 Å². The van der Waals surface area contributed by atoms with Gasteiger partial charge in [-0.2, -0.15) is 0 Å². The van der Waals surface area contributed by atoms with E-state index in [-0.39, 0.29) is 5.84 Å². The molecule has 0 aliphatic heterocycles. The number of hydrogen-bond acceptors (Lipinski definition) is 5. The van der Waals surface area contributed by atoms with E-state index in [0.29, 0.717) is 12.2 Å². The second kappa shape index (κ2) is 6.42. The lowest BCUT2D eigenvalue weighted by molar-refractivity contribution is 0.318. The molecule has 0 fully saturated rings. The summed E-state index contributed by atoms with van der Waals surface area (Å²) in [6.45, 7) is 0.612. The standard InChI is InChI=1S/C14H16N4O2/c1-20-12-4-2-11(3-5-12)17-9-10-6-7-16-13(8-10)14(15)18-19/h2-8,17,19H,9H2,1H3,(H2,15,18). The van der Waals surface area contributed by atoms with Gasteiger partial charge in [0.2, 0.25) is 0 Å². The summed E-state index contributed by atoms with van der Waals surface area (Å²) in [6.07, 6.45) is 1.62. The highest BCUT2D eigenvalue weighted by Gasteiger charge is 2.02. The topological polar surface area (TPSA) is 92.8 Å². The second-order valence-corrected chi connectivity index (χ2v) is 4.12. The van der Waals surface area contributed by atoms with E-state index in [1.165, 1.54) is 0 Å². The van der Waals surface area contributed by atoms with Gasteiger partial charge in [0.25, 0.3) is 0 Å². The fraction of sp³-hybridized carbons (Fsp3) is 0.143. The lowest BCUT2D eigenvalue weighted by atomic mass is 10.2. The molecule has 0 atom stereocenters. The second-order valence-electron chi connectivity index (χ2n) is 4.12. The minimum Gasteiger partial charge on any atom is -0.497 e. The zero-order valence-corrected chi connectivity index (χ0v) is 11.1. The molecule has 20 heavy (non-hydrogen) atoms. The molecule has 104 valence electrons. The molecule has 0 unspecified atom stereocenters. The van der Waals surface area contributed by atoms with Gasteiger partial charge in [0.05, 0.1) is 7.11 Å². The van der Waals surface area contributed by atoms with Gasteiger partial charge in [-0.3, -0.25) is 4.98 Å². The molecule has 0 bridgehead atoms. The predicted octanol–water partition coefficient (Wildman–Crippen LogP) is 1.80. The highest BCUT2D eigenvalue weighted by Crippen LogP contribution is 2.15. The Morgan fingerprint density at radius 3 is 2.75 bits per heavy atom. The molecule has 0 radical (unpaired) electrons. The molecule has 1 heterocycles. The van der Waals surface area contributed by atoms with Crippen LogP contribution in [0.15, 0.2) is 47.8 Å². The highest BCUT2D eigenvalue weighted by molar-refractivity contribution is 5.95. The Labute approximate surface area is 116 Å². The quantitative estimate of drug-likeness (QED) is 0.334. The van der Waals surface area contributed by atoms with Gasteiger partial charge in [-0.1, -0.05) is 5.16 Å². The number of ether oxygens (including phenoxy) is 1. The monoisotopic (exact) mass is 272 g/mol. The maximum Gasteiger partial charge on any atom is 0.188 e. The van der Waals surface area contributed by atoms with Crippen molar-refractivity contribution in [3.63, 3.8) is 0 Å². The van der Waals surface area contributed by atoms with Crippen molar-refractivity contribution in [3.05, 3.63) is 53.9 Å². The minimum absolute atomic E-state index is 0.00343.